The highest BCUT2D eigenvalue weighted by atomic mass is 35.5. The van der Waals surface area contributed by atoms with E-state index in [1.54, 1.807) is 13.8 Å². The molecule has 0 atom stereocenters. The molecule has 0 spiro atoms. The van der Waals surface area contributed by atoms with Gasteiger partial charge < -0.3 is 16.3 Å². The van der Waals surface area contributed by atoms with Crippen LogP contribution < -0.4 is 11.1 Å². The number of halogens is 2. The van der Waals surface area contributed by atoms with Gasteiger partial charge in [0, 0.05) is 5.56 Å². The maximum Gasteiger partial charge on any atom is 0.252 e. The number of oxime groups is 1. The summed E-state index contributed by atoms with van der Waals surface area (Å²) >= 11 is 5.51. The summed E-state index contributed by atoms with van der Waals surface area (Å²) in [5.74, 6) is -1.40. The van der Waals surface area contributed by atoms with E-state index in [9.17, 15) is 9.18 Å². The predicted octanol–water partition coefficient (Wildman–Crippen LogP) is 1.73. The number of nitrogens with two attached hydrogens (primary N) is 1. The molecule has 0 aliphatic carbocycles. The molecule has 1 amide bonds. The highest BCUT2D eigenvalue weighted by molar-refractivity contribution is 6.30. The molecular weight excluding hydrogens is 261 g/mol. The summed E-state index contributed by atoms with van der Waals surface area (Å²) in [4.78, 5) is 11.8. The van der Waals surface area contributed by atoms with Gasteiger partial charge in [-0.1, -0.05) is 16.8 Å². The molecular formula is C11H13ClFN3O2. The monoisotopic (exact) mass is 273 g/mol. The molecule has 4 N–H and O–H groups in total. The second-order valence-corrected chi connectivity index (χ2v) is 4.60. The highest BCUT2D eigenvalue weighted by Gasteiger charge is 2.26. The highest BCUT2D eigenvalue weighted by Crippen LogP contribution is 2.16. The Kier molecular flexibility index (Phi) is 4.13. The first kappa shape index (κ1) is 14.2. The number of nitrogens with zero attached hydrogens (tertiary/aromatic N) is 1. The Labute approximate surface area is 108 Å². The topological polar surface area (TPSA) is 87.7 Å². The average molecular weight is 274 g/mol. The minimum atomic E-state index is -1.05. The molecule has 7 heteroatoms. The molecule has 0 radical (unpaired) electrons. The van der Waals surface area contributed by atoms with Crippen LogP contribution in [0.2, 0.25) is 5.02 Å². The van der Waals surface area contributed by atoms with Crippen LogP contribution in [-0.4, -0.2) is 22.5 Å². The van der Waals surface area contributed by atoms with Gasteiger partial charge in [0.15, 0.2) is 5.84 Å². The molecule has 0 fully saturated rings. The molecule has 0 aliphatic rings. The largest absolute Gasteiger partial charge is 0.409 e. The number of amides is 1. The predicted molar refractivity (Wildman–Crippen MR) is 66.4 cm³/mol. The van der Waals surface area contributed by atoms with Gasteiger partial charge in [0.1, 0.15) is 5.82 Å². The third kappa shape index (κ3) is 3.10. The van der Waals surface area contributed by atoms with Crippen molar-refractivity contribution < 1.29 is 14.4 Å². The van der Waals surface area contributed by atoms with Gasteiger partial charge in [-0.25, -0.2) is 4.39 Å². The van der Waals surface area contributed by atoms with Crippen LogP contribution in [0.5, 0.6) is 0 Å². The van der Waals surface area contributed by atoms with Crippen molar-refractivity contribution in [2.45, 2.75) is 19.4 Å². The summed E-state index contributed by atoms with van der Waals surface area (Å²) in [6, 6.07) is 3.67. The average Bonchev–Trinajstić information content (AvgIpc) is 2.30. The number of nitrogens with one attached hydrogen (secondary N) is 1. The maximum absolute atomic E-state index is 13.2. The van der Waals surface area contributed by atoms with Gasteiger partial charge in [-0.15, -0.1) is 0 Å². The normalized spacial score (nSPS) is 12.3. The summed E-state index contributed by atoms with van der Waals surface area (Å²) in [5.41, 5.74) is 4.46. The molecule has 0 saturated heterocycles. The third-order valence-electron chi connectivity index (χ3n) is 2.36. The Morgan fingerprint density at radius 1 is 1.56 bits per heavy atom. The lowest BCUT2D eigenvalue weighted by molar-refractivity contribution is 0.0930. The van der Waals surface area contributed by atoms with Crippen molar-refractivity contribution in [3.63, 3.8) is 0 Å². The fourth-order valence-electron chi connectivity index (χ4n) is 1.18. The van der Waals surface area contributed by atoms with Crippen LogP contribution in [0.3, 0.4) is 0 Å². The van der Waals surface area contributed by atoms with Gasteiger partial charge in [0.2, 0.25) is 0 Å². The van der Waals surface area contributed by atoms with Crippen molar-refractivity contribution in [3.8, 4) is 0 Å². The molecule has 0 unspecified atom stereocenters. The summed E-state index contributed by atoms with van der Waals surface area (Å²) < 4.78 is 13.2. The Bertz CT molecular complexity index is 503. The van der Waals surface area contributed by atoms with E-state index in [4.69, 9.17) is 22.5 Å². The molecule has 1 aromatic carbocycles. The molecule has 1 rings (SSSR count). The second kappa shape index (κ2) is 5.22. The van der Waals surface area contributed by atoms with Crippen molar-refractivity contribution in [1.29, 1.82) is 0 Å². The minimum Gasteiger partial charge on any atom is -0.409 e. The first-order valence-electron chi connectivity index (χ1n) is 5.03. The van der Waals surface area contributed by atoms with E-state index in [0.717, 1.165) is 6.07 Å². The maximum atomic E-state index is 13.2. The number of rotatable bonds is 3. The van der Waals surface area contributed by atoms with Crippen molar-refractivity contribution in [2.24, 2.45) is 10.9 Å². The number of carbonyl (C=O) groups is 1. The van der Waals surface area contributed by atoms with E-state index >= 15 is 0 Å². The molecule has 98 valence electrons. The van der Waals surface area contributed by atoms with Gasteiger partial charge >= 0.3 is 0 Å². The Morgan fingerprint density at radius 3 is 2.67 bits per heavy atom. The lowest BCUT2D eigenvalue weighted by atomic mass is 10.0. The molecule has 0 heterocycles. The first-order chi connectivity index (χ1) is 8.27. The molecule has 18 heavy (non-hydrogen) atoms. The molecule has 0 aliphatic heterocycles. The smallest absolute Gasteiger partial charge is 0.252 e. The SMILES string of the molecule is CC(C)(NC(=O)c1ccc(Cl)c(F)c1)/C(N)=N/O. The van der Waals surface area contributed by atoms with Crippen LogP contribution in [0.1, 0.15) is 24.2 Å². The summed E-state index contributed by atoms with van der Waals surface area (Å²) in [6.07, 6.45) is 0. The van der Waals surface area contributed by atoms with Crippen molar-refractivity contribution >= 4 is 23.3 Å². The van der Waals surface area contributed by atoms with Gasteiger partial charge in [0.25, 0.3) is 5.91 Å². The number of amidine groups is 1. The van der Waals surface area contributed by atoms with Gasteiger partial charge in [-0.05, 0) is 32.0 Å². The summed E-state index contributed by atoms with van der Waals surface area (Å²) in [6.45, 7) is 3.10. The standard InChI is InChI=1S/C11H13ClFN3O2/c1-11(2,10(14)16-18)15-9(17)6-3-4-7(12)8(13)5-6/h3-5,18H,1-2H3,(H2,14,16)(H,15,17). The van der Waals surface area contributed by atoms with Crippen LogP contribution in [0.4, 0.5) is 4.39 Å². The Balaban J connectivity index is 2.92. The van der Waals surface area contributed by atoms with E-state index in [1.165, 1.54) is 12.1 Å². The zero-order chi connectivity index (χ0) is 13.9. The minimum absolute atomic E-state index is 0.0674. The Morgan fingerprint density at radius 2 is 2.17 bits per heavy atom. The van der Waals surface area contributed by atoms with E-state index in [0.29, 0.717) is 0 Å². The summed E-state index contributed by atoms with van der Waals surface area (Å²) in [5, 5.41) is 13.8. The summed E-state index contributed by atoms with van der Waals surface area (Å²) in [7, 11) is 0. The molecule has 0 aromatic heterocycles. The van der Waals surface area contributed by atoms with Crippen LogP contribution in [0.15, 0.2) is 23.4 Å². The zero-order valence-electron chi connectivity index (χ0n) is 9.87. The van der Waals surface area contributed by atoms with Crippen molar-refractivity contribution in [2.75, 3.05) is 0 Å². The number of hydrogen-bond acceptors (Lipinski definition) is 3. The van der Waals surface area contributed by atoms with Gasteiger partial charge in [0.05, 0.1) is 10.6 Å². The lowest BCUT2D eigenvalue weighted by Crippen LogP contribution is -2.53. The van der Waals surface area contributed by atoms with E-state index in [-0.39, 0.29) is 16.4 Å². The molecule has 1 aromatic rings. The number of benzene rings is 1. The van der Waals surface area contributed by atoms with Gasteiger partial charge in [-0.3, -0.25) is 4.79 Å². The third-order valence-corrected chi connectivity index (χ3v) is 2.66. The van der Waals surface area contributed by atoms with E-state index in [2.05, 4.69) is 10.5 Å². The van der Waals surface area contributed by atoms with Gasteiger partial charge in [-0.2, -0.15) is 0 Å². The molecule has 0 saturated carbocycles. The van der Waals surface area contributed by atoms with Crippen LogP contribution in [-0.2, 0) is 0 Å². The quantitative estimate of drug-likeness (QED) is 0.339. The zero-order valence-corrected chi connectivity index (χ0v) is 10.6. The van der Waals surface area contributed by atoms with Crippen LogP contribution in [0, 0.1) is 5.82 Å². The molecule has 0 bridgehead atoms. The number of carbonyl (C=O) groups excluding carboxylic acids is 1. The Hall–Kier alpha value is -1.82. The van der Waals surface area contributed by atoms with Crippen molar-refractivity contribution in [3.05, 3.63) is 34.6 Å². The van der Waals surface area contributed by atoms with Crippen LogP contribution >= 0.6 is 11.6 Å². The second-order valence-electron chi connectivity index (χ2n) is 4.19. The fraction of sp³-hybridized carbons (Fsp3) is 0.273. The number of hydrogen-bond donors (Lipinski definition) is 3. The molecule has 5 nitrogen and oxygen atoms in total. The first-order valence-corrected chi connectivity index (χ1v) is 5.41. The lowest BCUT2D eigenvalue weighted by Gasteiger charge is -2.24. The van der Waals surface area contributed by atoms with Crippen LogP contribution in [0.25, 0.3) is 0 Å². The van der Waals surface area contributed by atoms with Crippen molar-refractivity contribution in [1.82, 2.24) is 5.32 Å². The van der Waals surface area contributed by atoms with E-state index < -0.39 is 17.3 Å². The van der Waals surface area contributed by atoms with E-state index in [1.807, 2.05) is 0 Å². The fourth-order valence-corrected chi connectivity index (χ4v) is 1.30.